The van der Waals surface area contributed by atoms with Gasteiger partial charge in [0.25, 0.3) is 5.91 Å². The summed E-state index contributed by atoms with van der Waals surface area (Å²) in [4.78, 5) is 20.3. The predicted octanol–water partition coefficient (Wildman–Crippen LogP) is 6.10. The fourth-order valence-electron chi connectivity index (χ4n) is 2.85. The van der Waals surface area contributed by atoms with E-state index >= 15 is 0 Å². The second-order valence-electron chi connectivity index (χ2n) is 6.25. The number of hydrogen-bond donors (Lipinski definition) is 2. The number of fused-ring (bicyclic) bond motifs is 1. The van der Waals surface area contributed by atoms with Crippen molar-refractivity contribution in [3.8, 4) is 11.4 Å². The number of H-pyrrole nitrogens is 1. The Labute approximate surface area is 166 Å². The number of carbonyl (C=O) groups excluding carboxylic acids is 1. The van der Waals surface area contributed by atoms with Gasteiger partial charge < -0.3 is 10.3 Å². The number of carbonyl (C=O) groups is 1. The third kappa shape index (κ3) is 3.68. The molecule has 27 heavy (non-hydrogen) atoms. The van der Waals surface area contributed by atoms with Crippen molar-refractivity contribution >= 4 is 45.8 Å². The Morgan fingerprint density at radius 2 is 1.85 bits per heavy atom. The number of anilines is 1. The van der Waals surface area contributed by atoms with E-state index in [0.717, 1.165) is 22.2 Å². The van der Waals surface area contributed by atoms with Crippen LogP contribution in [0.1, 0.15) is 15.9 Å². The van der Waals surface area contributed by atoms with Crippen molar-refractivity contribution in [3.63, 3.8) is 0 Å². The highest BCUT2D eigenvalue weighted by Crippen LogP contribution is 2.27. The molecule has 0 aliphatic carbocycles. The maximum absolute atomic E-state index is 12.4. The van der Waals surface area contributed by atoms with Crippen LogP contribution in [-0.2, 0) is 0 Å². The minimum atomic E-state index is -0.221. The summed E-state index contributed by atoms with van der Waals surface area (Å²) in [5.74, 6) is 0.493. The molecular formula is C21H15Cl2N3O. The lowest BCUT2D eigenvalue weighted by Gasteiger charge is -2.07. The molecule has 1 aromatic heterocycles. The quantitative estimate of drug-likeness (QED) is 0.440. The molecule has 134 valence electrons. The molecule has 0 bridgehead atoms. The van der Waals surface area contributed by atoms with E-state index in [-0.39, 0.29) is 5.91 Å². The zero-order valence-electron chi connectivity index (χ0n) is 14.4. The zero-order chi connectivity index (χ0) is 19.0. The van der Waals surface area contributed by atoms with E-state index in [9.17, 15) is 4.79 Å². The Kier molecular flexibility index (Phi) is 4.60. The van der Waals surface area contributed by atoms with E-state index in [1.165, 1.54) is 0 Å². The SMILES string of the molecule is Cc1cc2[nH]c(-c3cccc(NC(=O)c4cccc(Cl)c4)c3)nc2cc1Cl. The minimum absolute atomic E-state index is 0.221. The normalized spacial score (nSPS) is 10.9. The van der Waals surface area contributed by atoms with Gasteiger partial charge in [-0.3, -0.25) is 4.79 Å². The highest BCUT2D eigenvalue weighted by Gasteiger charge is 2.10. The fraction of sp³-hybridized carbons (Fsp3) is 0.0476. The number of benzene rings is 3. The first-order valence-electron chi connectivity index (χ1n) is 8.33. The van der Waals surface area contributed by atoms with Crippen LogP contribution >= 0.6 is 23.2 Å². The minimum Gasteiger partial charge on any atom is -0.338 e. The lowest BCUT2D eigenvalue weighted by molar-refractivity contribution is 0.102. The van der Waals surface area contributed by atoms with Crippen LogP contribution in [0.15, 0.2) is 60.7 Å². The van der Waals surface area contributed by atoms with Crippen molar-refractivity contribution in [1.82, 2.24) is 9.97 Å². The number of hydrogen-bond acceptors (Lipinski definition) is 2. The monoisotopic (exact) mass is 395 g/mol. The predicted molar refractivity (Wildman–Crippen MR) is 111 cm³/mol. The molecule has 0 atom stereocenters. The van der Waals surface area contributed by atoms with Crippen LogP contribution in [0.2, 0.25) is 10.0 Å². The molecule has 4 rings (SSSR count). The molecule has 0 saturated heterocycles. The molecule has 4 aromatic rings. The topological polar surface area (TPSA) is 57.8 Å². The van der Waals surface area contributed by atoms with E-state index in [0.29, 0.717) is 27.1 Å². The number of aromatic nitrogens is 2. The van der Waals surface area contributed by atoms with E-state index in [2.05, 4.69) is 15.3 Å². The van der Waals surface area contributed by atoms with Gasteiger partial charge in [-0.1, -0.05) is 41.4 Å². The van der Waals surface area contributed by atoms with E-state index in [4.69, 9.17) is 23.2 Å². The summed E-state index contributed by atoms with van der Waals surface area (Å²) in [6.45, 7) is 1.95. The maximum atomic E-state index is 12.4. The highest BCUT2D eigenvalue weighted by molar-refractivity contribution is 6.32. The van der Waals surface area contributed by atoms with Gasteiger partial charge in [0.2, 0.25) is 0 Å². The molecule has 0 aliphatic heterocycles. The lowest BCUT2D eigenvalue weighted by Crippen LogP contribution is -2.11. The Morgan fingerprint density at radius 3 is 2.67 bits per heavy atom. The molecule has 0 saturated carbocycles. The Hall–Kier alpha value is -2.82. The number of halogens is 2. The van der Waals surface area contributed by atoms with Crippen molar-refractivity contribution in [3.05, 3.63) is 81.8 Å². The first-order chi connectivity index (χ1) is 13.0. The zero-order valence-corrected chi connectivity index (χ0v) is 15.9. The molecule has 2 N–H and O–H groups in total. The second-order valence-corrected chi connectivity index (χ2v) is 7.09. The summed E-state index contributed by atoms with van der Waals surface area (Å²) in [5, 5.41) is 4.09. The number of nitrogens with one attached hydrogen (secondary N) is 2. The van der Waals surface area contributed by atoms with E-state index < -0.39 is 0 Å². The van der Waals surface area contributed by atoms with Crippen LogP contribution in [0.3, 0.4) is 0 Å². The van der Waals surface area contributed by atoms with Gasteiger partial charge in [0, 0.05) is 26.9 Å². The largest absolute Gasteiger partial charge is 0.338 e. The molecule has 0 spiro atoms. The van der Waals surface area contributed by atoms with Gasteiger partial charge in [-0.25, -0.2) is 4.98 Å². The average molecular weight is 396 g/mol. The molecule has 0 radical (unpaired) electrons. The summed E-state index contributed by atoms with van der Waals surface area (Å²) < 4.78 is 0. The molecule has 0 unspecified atom stereocenters. The first kappa shape index (κ1) is 17.6. The summed E-state index contributed by atoms with van der Waals surface area (Å²) >= 11 is 12.1. The van der Waals surface area contributed by atoms with Crippen molar-refractivity contribution < 1.29 is 4.79 Å². The molecule has 1 amide bonds. The van der Waals surface area contributed by atoms with Crippen molar-refractivity contribution in [2.24, 2.45) is 0 Å². The molecular weight excluding hydrogens is 381 g/mol. The maximum Gasteiger partial charge on any atom is 0.255 e. The molecule has 1 heterocycles. The van der Waals surface area contributed by atoms with E-state index in [1.807, 2.05) is 43.3 Å². The molecule has 0 fully saturated rings. The molecule has 6 heteroatoms. The van der Waals surface area contributed by atoms with Gasteiger partial charge in [0.1, 0.15) is 5.82 Å². The van der Waals surface area contributed by atoms with Crippen LogP contribution in [0.25, 0.3) is 22.4 Å². The molecule has 4 nitrogen and oxygen atoms in total. The Morgan fingerprint density at radius 1 is 1.04 bits per heavy atom. The number of aryl methyl sites for hydroxylation is 1. The van der Waals surface area contributed by atoms with Gasteiger partial charge in [-0.05, 0) is 55.0 Å². The van der Waals surface area contributed by atoms with Gasteiger partial charge in [0.15, 0.2) is 0 Å². The summed E-state index contributed by atoms with van der Waals surface area (Å²) in [7, 11) is 0. The first-order valence-corrected chi connectivity index (χ1v) is 9.08. The number of aromatic amines is 1. The lowest BCUT2D eigenvalue weighted by atomic mass is 10.1. The fourth-order valence-corrected chi connectivity index (χ4v) is 3.20. The number of nitrogens with zero attached hydrogens (tertiary/aromatic N) is 1. The third-order valence-corrected chi connectivity index (χ3v) is 4.89. The van der Waals surface area contributed by atoms with Crippen molar-refractivity contribution in [1.29, 1.82) is 0 Å². The third-order valence-electron chi connectivity index (χ3n) is 4.24. The standard InChI is InChI=1S/C21H15Cl2N3O/c1-12-8-18-19(11-17(12)23)26-20(25-18)13-4-3-7-16(10-13)24-21(27)14-5-2-6-15(22)9-14/h2-11H,1H3,(H,24,27)(H,25,26). The summed E-state index contributed by atoms with van der Waals surface area (Å²) in [6, 6.07) is 18.1. The van der Waals surface area contributed by atoms with Gasteiger partial charge in [-0.2, -0.15) is 0 Å². The smallest absolute Gasteiger partial charge is 0.255 e. The van der Waals surface area contributed by atoms with Crippen molar-refractivity contribution in [2.75, 3.05) is 5.32 Å². The summed E-state index contributed by atoms with van der Waals surface area (Å²) in [6.07, 6.45) is 0. The number of rotatable bonds is 3. The Bertz CT molecular complexity index is 1130. The van der Waals surface area contributed by atoms with Crippen LogP contribution < -0.4 is 5.32 Å². The average Bonchev–Trinajstić information content (AvgIpc) is 3.05. The van der Waals surface area contributed by atoms with E-state index in [1.54, 1.807) is 24.3 Å². The van der Waals surface area contributed by atoms with Gasteiger partial charge in [0.05, 0.1) is 11.0 Å². The van der Waals surface area contributed by atoms with Crippen molar-refractivity contribution in [2.45, 2.75) is 6.92 Å². The Balaban J connectivity index is 1.63. The molecule has 3 aromatic carbocycles. The van der Waals surface area contributed by atoms with Crippen LogP contribution in [-0.4, -0.2) is 15.9 Å². The highest BCUT2D eigenvalue weighted by atomic mass is 35.5. The number of amides is 1. The van der Waals surface area contributed by atoms with Crippen LogP contribution in [0, 0.1) is 6.92 Å². The van der Waals surface area contributed by atoms with Gasteiger partial charge in [-0.15, -0.1) is 0 Å². The summed E-state index contributed by atoms with van der Waals surface area (Å²) in [5.41, 5.74) is 4.74. The van der Waals surface area contributed by atoms with Gasteiger partial charge >= 0.3 is 0 Å². The molecule has 0 aliphatic rings. The van der Waals surface area contributed by atoms with Crippen LogP contribution in [0.5, 0.6) is 0 Å². The van der Waals surface area contributed by atoms with Crippen LogP contribution in [0.4, 0.5) is 5.69 Å². The number of imidazole rings is 1. The second kappa shape index (κ2) is 7.06.